The van der Waals surface area contributed by atoms with Crippen LogP contribution in [0.15, 0.2) is 218 Å². The Bertz CT molecular complexity index is 3720. The Labute approximate surface area is 373 Å². The lowest BCUT2D eigenvalue weighted by atomic mass is 9.99. The molecule has 63 heavy (non-hydrogen) atoms. The maximum absolute atomic E-state index is 2.51. The van der Waals surface area contributed by atoms with Crippen LogP contribution in [0.25, 0.3) is 73.4 Å². The summed E-state index contributed by atoms with van der Waals surface area (Å²) in [5.41, 5.74) is 14.8. The molecule has 4 heteroatoms. The van der Waals surface area contributed by atoms with Crippen LogP contribution >= 0.6 is 22.7 Å². The number of rotatable bonds is 7. The minimum absolute atomic E-state index is 0.973. The summed E-state index contributed by atoms with van der Waals surface area (Å²) in [6.45, 7) is 0. The molecule has 2 aromatic heterocycles. The van der Waals surface area contributed by atoms with E-state index in [1.165, 1.54) is 102 Å². The minimum atomic E-state index is 0.973. The zero-order valence-electron chi connectivity index (χ0n) is 34.2. The number of thiophene rings is 2. The predicted octanol–water partition coefficient (Wildman–Crippen LogP) is 17.8. The average molecular weight is 839 g/mol. The van der Waals surface area contributed by atoms with Crippen molar-refractivity contribution in [3.63, 3.8) is 0 Å². The smallest absolute Gasteiger partial charge is 0.0640 e. The van der Waals surface area contributed by atoms with E-state index >= 15 is 0 Å². The maximum Gasteiger partial charge on any atom is 0.0640 e. The van der Waals surface area contributed by atoms with Crippen LogP contribution in [0.4, 0.5) is 34.1 Å². The summed E-state index contributed by atoms with van der Waals surface area (Å²) in [5.74, 6) is 0. The summed E-state index contributed by atoms with van der Waals surface area (Å²) in [4.78, 5) is 4.93. The lowest BCUT2D eigenvalue weighted by molar-refractivity contribution is 1.25. The highest BCUT2D eigenvalue weighted by atomic mass is 32.1. The third-order valence-corrected chi connectivity index (χ3v) is 15.2. The van der Waals surface area contributed by atoms with E-state index in [0.717, 1.165) is 23.5 Å². The summed E-state index contributed by atoms with van der Waals surface area (Å²) in [6.07, 6.45) is 0.973. The van der Waals surface area contributed by atoms with E-state index in [0.29, 0.717) is 0 Å². The standard InChI is InChI=1S/C59H38N2S2/c1-3-14-38(15-4-1)39-26-29-43(30-27-39)60(42-17-5-2-6-18-42)54-37-57-58(49-22-10-9-20-47(49)54)52-36-45(32-33-56(52)62-57)61(44-31-28-41-34-40-16-7-8-19-46(40)51(41)35-44)53-24-13-23-50-48-21-11-12-25-55(48)63-59(50)53/h1-33,35-37H,34H2. The van der Waals surface area contributed by atoms with Gasteiger partial charge in [0.05, 0.1) is 16.1 Å². The topological polar surface area (TPSA) is 6.48 Å². The Morgan fingerprint density at radius 1 is 0.317 bits per heavy atom. The van der Waals surface area contributed by atoms with Gasteiger partial charge < -0.3 is 9.80 Å². The minimum Gasteiger partial charge on any atom is -0.310 e. The molecule has 296 valence electrons. The summed E-state index contributed by atoms with van der Waals surface area (Å²) < 4.78 is 5.14. The third kappa shape index (κ3) is 5.90. The average Bonchev–Trinajstić information content (AvgIpc) is 4.04. The molecule has 0 radical (unpaired) electrons. The second-order valence-electron chi connectivity index (χ2n) is 16.4. The fraction of sp³-hybridized carbons (Fsp3) is 0.0169. The van der Waals surface area contributed by atoms with Crippen molar-refractivity contribution in [2.24, 2.45) is 0 Å². The molecule has 0 N–H and O–H groups in total. The molecule has 1 aliphatic carbocycles. The Balaban J connectivity index is 1.02. The van der Waals surface area contributed by atoms with Gasteiger partial charge in [0.15, 0.2) is 0 Å². The van der Waals surface area contributed by atoms with E-state index in [2.05, 4.69) is 228 Å². The van der Waals surface area contributed by atoms with Crippen molar-refractivity contribution in [1.29, 1.82) is 0 Å². The van der Waals surface area contributed by atoms with Gasteiger partial charge >= 0.3 is 0 Å². The lowest BCUT2D eigenvalue weighted by Gasteiger charge is -2.27. The van der Waals surface area contributed by atoms with Gasteiger partial charge in [-0.1, -0.05) is 146 Å². The van der Waals surface area contributed by atoms with Gasteiger partial charge in [0.25, 0.3) is 0 Å². The first-order chi connectivity index (χ1) is 31.2. The molecule has 2 heterocycles. The SMILES string of the molecule is c1ccc(-c2ccc(N(c3ccccc3)c3cc4sc5ccc(N(c6ccc7c(c6)-c6ccccc6C7)c6cccc7c6sc6ccccc67)cc5c4c4ccccc34)cc2)cc1. The highest BCUT2D eigenvalue weighted by Gasteiger charge is 2.25. The van der Waals surface area contributed by atoms with Gasteiger partial charge in [-0.05, 0) is 118 Å². The number of hydrogen-bond donors (Lipinski definition) is 0. The molecule has 0 saturated carbocycles. The first-order valence-electron chi connectivity index (χ1n) is 21.5. The number of anilines is 6. The number of hydrogen-bond acceptors (Lipinski definition) is 4. The summed E-state index contributed by atoms with van der Waals surface area (Å²) >= 11 is 3.77. The van der Waals surface area contributed by atoms with Gasteiger partial charge in [0.1, 0.15) is 0 Å². The molecule has 0 unspecified atom stereocenters. The Kier molecular flexibility index (Phi) is 8.36. The zero-order chi connectivity index (χ0) is 41.4. The van der Waals surface area contributed by atoms with Crippen molar-refractivity contribution >= 4 is 108 Å². The zero-order valence-corrected chi connectivity index (χ0v) is 35.8. The largest absolute Gasteiger partial charge is 0.310 e. The first kappa shape index (κ1) is 36.2. The Morgan fingerprint density at radius 3 is 1.78 bits per heavy atom. The fourth-order valence-corrected chi connectivity index (χ4v) is 12.3. The van der Waals surface area contributed by atoms with Crippen molar-refractivity contribution in [1.82, 2.24) is 0 Å². The van der Waals surface area contributed by atoms with Gasteiger partial charge in [0.2, 0.25) is 0 Å². The summed E-state index contributed by atoms with van der Waals surface area (Å²) in [7, 11) is 0. The number of para-hydroxylation sites is 1. The molecule has 10 aromatic carbocycles. The van der Waals surface area contributed by atoms with Crippen LogP contribution in [0.1, 0.15) is 11.1 Å². The summed E-state index contributed by atoms with van der Waals surface area (Å²) in [5, 5.41) is 7.64. The van der Waals surface area contributed by atoms with Gasteiger partial charge in [0, 0.05) is 63.8 Å². The first-order valence-corrected chi connectivity index (χ1v) is 23.2. The second kappa shape index (κ2) is 14.6. The van der Waals surface area contributed by atoms with E-state index in [4.69, 9.17) is 0 Å². The van der Waals surface area contributed by atoms with E-state index in [9.17, 15) is 0 Å². The Hall–Kier alpha value is -7.50. The molecule has 0 amide bonds. The van der Waals surface area contributed by atoms with Gasteiger partial charge in [-0.2, -0.15) is 0 Å². The van der Waals surface area contributed by atoms with Crippen molar-refractivity contribution in [3.8, 4) is 22.3 Å². The van der Waals surface area contributed by atoms with Crippen LogP contribution in [-0.4, -0.2) is 0 Å². The van der Waals surface area contributed by atoms with Crippen LogP contribution in [0.2, 0.25) is 0 Å². The summed E-state index contributed by atoms with van der Waals surface area (Å²) in [6, 6.07) is 80.6. The highest BCUT2D eigenvalue weighted by Crippen LogP contribution is 2.50. The molecular weight excluding hydrogens is 801 g/mol. The van der Waals surface area contributed by atoms with Crippen molar-refractivity contribution in [2.75, 3.05) is 9.80 Å². The normalized spacial score (nSPS) is 12.1. The van der Waals surface area contributed by atoms with E-state index in [1.54, 1.807) is 0 Å². The van der Waals surface area contributed by atoms with E-state index in [-0.39, 0.29) is 0 Å². The number of nitrogens with zero attached hydrogens (tertiary/aromatic N) is 2. The van der Waals surface area contributed by atoms with Gasteiger partial charge in [-0.25, -0.2) is 0 Å². The van der Waals surface area contributed by atoms with Crippen LogP contribution in [-0.2, 0) is 6.42 Å². The quantitative estimate of drug-likeness (QED) is 0.158. The molecule has 1 aliphatic rings. The van der Waals surface area contributed by atoms with Crippen LogP contribution < -0.4 is 9.80 Å². The van der Waals surface area contributed by atoms with Gasteiger partial charge in [-0.3, -0.25) is 0 Å². The van der Waals surface area contributed by atoms with Crippen LogP contribution in [0.3, 0.4) is 0 Å². The molecule has 0 aliphatic heterocycles. The molecule has 2 nitrogen and oxygen atoms in total. The lowest BCUT2D eigenvalue weighted by Crippen LogP contribution is -2.10. The molecule has 0 fully saturated rings. The van der Waals surface area contributed by atoms with Crippen LogP contribution in [0, 0.1) is 0 Å². The Morgan fingerprint density at radius 2 is 0.921 bits per heavy atom. The van der Waals surface area contributed by atoms with Gasteiger partial charge in [-0.15, -0.1) is 22.7 Å². The highest BCUT2D eigenvalue weighted by molar-refractivity contribution is 7.26. The molecule has 12 aromatic rings. The number of fused-ring (bicyclic) bond motifs is 11. The van der Waals surface area contributed by atoms with Crippen molar-refractivity contribution in [2.45, 2.75) is 6.42 Å². The van der Waals surface area contributed by atoms with E-state index in [1.807, 2.05) is 22.7 Å². The second-order valence-corrected chi connectivity index (χ2v) is 18.6. The van der Waals surface area contributed by atoms with Crippen LogP contribution in [0.5, 0.6) is 0 Å². The van der Waals surface area contributed by atoms with Crippen molar-refractivity contribution in [3.05, 3.63) is 230 Å². The molecular formula is C59H38N2S2. The third-order valence-electron chi connectivity index (χ3n) is 12.8. The molecule has 13 rings (SSSR count). The fourth-order valence-electron chi connectivity index (χ4n) is 9.96. The van der Waals surface area contributed by atoms with E-state index < -0.39 is 0 Å². The molecule has 0 spiro atoms. The number of benzene rings is 10. The van der Waals surface area contributed by atoms with Crippen molar-refractivity contribution < 1.29 is 0 Å². The maximum atomic E-state index is 2.51. The molecule has 0 atom stereocenters. The molecule has 0 saturated heterocycles. The molecule has 0 bridgehead atoms. The monoisotopic (exact) mass is 838 g/mol. The predicted molar refractivity (Wildman–Crippen MR) is 273 cm³/mol.